The summed E-state index contributed by atoms with van der Waals surface area (Å²) in [5.41, 5.74) is 7.06. The molecule has 0 atom stereocenters. The third kappa shape index (κ3) is 4.79. The summed E-state index contributed by atoms with van der Waals surface area (Å²) in [7, 11) is 2.08. The zero-order valence-corrected chi connectivity index (χ0v) is 13.3. The van der Waals surface area contributed by atoms with Crippen LogP contribution in [-0.4, -0.2) is 35.9 Å². The van der Waals surface area contributed by atoms with Gasteiger partial charge in [-0.05, 0) is 37.9 Å². The Hall–Kier alpha value is -1.46. The molecule has 1 aromatic carbocycles. The number of benzene rings is 1. The minimum atomic E-state index is -0.000778. The zero-order chi connectivity index (χ0) is 15.2. The van der Waals surface area contributed by atoms with E-state index in [0.29, 0.717) is 22.7 Å². The topological polar surface area (TPSA) is 58.4 Å². The number of anilines is 1. The number of thiocarbonyl (C=S) groups is 1. The average Bonchev–Trinajstić information content (AvgIpc) is 2.41. The highest BCUT2D eigenvalue weighted by Gasteiger charge is 2.19. The van der Waals surface area contributed by atoms with E-state index in [9.17, 15) is 4.79 Å². The number of rotatable bonds is 7. The molecule has 2 rings (SSSR count). The van der Waals surface area contributed by atoms with Gasteiger partial charge in [-0.15, -0.1) is 0 Å². The van der Waals surface area contributed by atoms with Gasteiger partial charge in [0, 0.05) is 25.1 Å². The predicted octanol–water partition coefficient (Wildman–Crippen LogP) is 2.38. The second-order valence-electron chi connectivity index (χ2n) is 5.77. The van der Waals surface area contributed by atoms with Gasteiger partial charge in [-0.3, -0.25) is 4.79 Å². The summed E-state index contributed by atoms with van der Waals surface area (Å²) in [4.78, 5) is 14.6. The number of para-hydroxylation sites is 1. The molecule has 0 radical (unpaired) electrons. The van der Waals surface area contributed by atoms with Gasteiger partial charge in [0.1, 0.15) is 4.99 Å². The standard InChI is InChI=1S/C16H23N3OS/c1-19(11-12-5-4-6-12)10-9-15(20)18-14-8-3-2-7-13(14)16(17)21/h2-3,7-8,12H,4-6,9-11H2,1H3,(H2,17,21)(H,18,20). The van der Waals surface area contributed by atoms with E-state index in [4.69, 9.17) is 18.0 Å². The molecule has 0 bridgehead atoms. The van der Waals surface area contributed by atoms with Gasteiger partial charge in [-0.1, -0.05) is 30.8 Å². The lowest BCUT2D eigenvalue weighted by Crippen LogP contribution is -2.32. The average molecular weight is 305 g/mol. The Balaban J connectivity index is 1.80. The fourth-order valence-corrected chi connectivity index (χ4v) is 2.70. The molecule has 0 heterocycles. The number of carbonyl (C=O) groups excluding carboxylic acids is 1. The van der Waals surface area contributed by atoms with Crippen molar-refractivity contribution in [3.05, 3.63) is 29.8 Å². The first-order chi connectivity index (χ1) is 10.1. The van der Waals surface area contributed by atoms with Crippen LogP contribution in [0.3, 0.4) is 0 Å². The second-order valence-corrected chi connectivity index (χ2v) is 6.21. The van der Waals surface area contributed by atoms with E-state index in [2.05, 4.69) is 17.3 Å². The quantitative estimate of drug-likeness (QED) is 0.759. The highest BCUT2D eigenvalue weighted by Crippen LogP contribution is 2.26. The van der Waals surface area contributed by atoms with Crippen molar-refractivity contribution in [1.29, 1.82) is 0 Å². The van der Waals surface area contributed by atoms with Crippen LogP contribution in [0.1, 0.15) is 31.2 Å². The number of carbonyl (C=O) groups is 1. The third-order valence-corrected chi connectivity index (χ3v) is 4.20. The number of hydrogen-bond acceptors (Lipinski definition) is 3. The van der Waals surface area contributed by atoms with E-state index in [1.807, 2.05) is 24.3 Å². The van der Waals surface area contributed by atoms with E-state index < -0.39 is 0 Å². The molecule has 0 unspecified atom stereocenters. The molecule has 0 saturated heterocycles. The Kier molecular flexibility index (Phi) is 5.70. The van der Waals surface area contributed by atoms with E-state index >= 15 is 0 Å². The summed E-state index contributed by atoms with van der Waals surface area (Å²) in [6, 6.07) is 7.36. The Labute approximate surface area is 131 Å². The molecular weight excluding hydrogens is 282 g/mol. The third-order valence-electron chi connectivity index (χ3n) is 3.98. The Morgan fingerprint density at radius 2 is 2.14 bits per heavy atom. The minimum Gasteiger partial charge on any atom is -0.389 e. The first kappa shape index (κ1) is 15.9. The Bertz CT molecular complexity index is 514. The molecule has 1 aromatic rings. The molecule has 3 N–H and O–H groups in total. The van der Waals surface area contributed by atoms with Gasteiger partial charge in [0.05, 0.1) is 5.69 Å². The lowest BCUT2D eigenvalue weighted by Gasteiger charge is -2.30. The van der Waals surface area contributed by atoms with Crippen LogP contribution in [0.2, 0.25) is 0 Å². The lowest BCUT2D eigenvalue weighted by molar-refractivity contribution is -0.116. The number of hydrogen-bond donors (Lipinski definition) is 2. The van der Waals surface area contributed by atoms with Crippen molar-refractivity contribution in [1.82, 2.24) is 4.90 Å². The number of nitrogens with zero attached hydrogens (tertiary/aromatic N) is 1. The zero-order valence-electron chi connectivity index (χ0n) is 12.5. The van der Waals surface area contributed by atoms with Gasteiger partial charge in [0.25, 0.3) is 0 Å². The Morgan fingerprint density at radius 1 is 1.43 bits per heavy atom. The maximum Gasteiger partial charge on any atom is 0.225 e. The summed E-state index contributed by atoms with van der Waals surface area (Å²) in [6.45, 7) is 1.87. The van der Waals surface area contributed by atoms with Crippen LogP contribution in [0, 0.1) is 5.92 Å². The number of nitrogens with two attached hydrogens (primary N) is 1. The lowest BCUT2D eigenvalue weighted by atomic mass is 9.85. The molecule has 114 valence electrons. The summed E-state index contributed by atoms with van der Waals surface area (Å²) in [6.07, 6.45) is 4.50. The molecule has 5 heteroatoms. The van der Waals surface area contributed by atoms with Crippen molar-refractivity contribution >= 4 is 28.8 Å². The van der Waals surface area contributed by atoms with Crippen LogP contribution in [0.15, 0.2) is 24.3 Å². The highest BCUT2D eigenvalue weighted by molar-refractivity contribution is 7.80. The molecule has 0 aliphatic heterocycles. The first-order valence-corrected chi connectivity index (χ1v) is 7.84. The van der Waals surface area contributed by atoms with Crippen molar-refractivity contribution in [3.8, 4) is 0 Å². The van der Waals surface area contributed by atoms with Crippen LogP contribution in [0.5, 0.6) is 0 Å². The normalized spacial score (nSPS) is 14.8. The molecule has 0 spiro atoms. The maximum atomic E-state index is 12.0. The summed E-state index contributed by atoms with van der Waals surface area (Å²) in [5, 5.41) is 2.90. The fourth-order valence-electron chi connectivity index (χ4n) is 2.52. The van der Waals surface area contributed by atoms with Gasteiger partial charge in [-0.25, -0.2) is 0 Å². The maximum absolute atomic E-state index is 12.0. The van der Waals surface area contributed by atoms with E-state index in [1.54, 1.807) is 0 Å². The molecule has 0 aromatic heterocycles. The van der Waals surface area contributed by atoms with E-state index in [0.717, 1.165) is 19.0 Å². The van der Waals surface area contributed by atoms with Gasteiger partial charge < -0.3 is 16.0 Å². The fraction of sp³-hybridized carbons (Fsp3) is 0.500. The van der Waals surface area contributed by atoms with Gasteiger partial charge in [0.15, 0.2) is 0 Å². The molecule has 1 amide bonds. The Morgan fingerprint density at radius 3 is 2.76 bits per heavy atom. The predicted molar refractivity (Wildman–Crippen MR) is 90.4 cm³/mol. The SMILES string of the molecule is CN(CCC(=O)Nc1ccccc1C(N)=S)CC1CCC1. The summed E-state index contributed by atoms with van der Waals surface area (Å²) in [5.74, 6) is 0.826. The van der Waals surface area contributed by atoms with Crippen molar-refractivity contribution in [2.24, 2.45) is 11.7 Å². The number of nitrogens with one attached hydrogen (secondary N) is 1. The van der Waals surface area contributed by atoms with Gasteiger partial charge in [-0.2, -0.15) is 0 Å². The van der Waals surface area contributed by atoms with Crippen LogP contribution >= 0.6 is 12.2 Å². The molecule has 1 fully saturated rings. The first-order valence-electron chi connectivity index (χ1n) is 7.43. The smallest absolute Gasteiger partial charge is 0.225 e. The highest BCUT2D eigenvalue weighted by atomic mass is 32.1. The van der Waals surface area contributed by atoms with E-state index in [-0.39, 0.29) is 5.91 Å². The molecular formula is C16H23N3OS. The summed E-state index contributed by atoms with van der Waals surface area (Å²) < 4.78 is 0. The van der Waals surface area contributed by atoms with E-state index in [1.165, 1.54) is 19.3 Å². The monoisotopic (exact) mass is 305 g/mol. The molecule has 1 saturated carbocycles. The van der Waals surface area contributed by atoms with Crippen molar-refractivity contribution in [3.63, 3.8) is 0 Å². The van der Waals surface area contributed by atoms with Crippen LogP contribution < -0.4 is 11.1 Å². The van der Waals surface area contributed by atoms with Crippen molar-refractivity contribution < 1.29 is 4.79 Å². The van der Waals surface area contributed by atoms with Crippen LogP contribution in [0.4, 0.5) is 5.69 Å². The number of amides is 1. The van der Waals surface area contributed by atoms with Crippen molar-refractivity contribution in [2.75, 3.05) is 25.5 Å². The molecule has 1 aliphatic carbocycles. The van der Waals surface area contributed by atoms with Gasteiger partial charge >= 0.3 is 0 Å². The summed E-state index contributed by atoms with van der Waals surface area (Å²) >= 11 is 4.99. The second kappa shape index (κ2) is 7.52. The van der Waals surface area contributed by atoms with Crippen molar-refractivity contribution in [2.45, 2.75) is 25.7 Å². The molecule has 4 nitrogen and oxygen atoms in total. The molecule has 21 heavy (non-hydrogen) atoms. The van der Waals surface area contributed by atoms with Gasteiger partial charge in [0.2, 0.25) is 5.91 Å². The molecule has 1 aliphatic rings. The largest absolute Gasteiger partial charge is 0.389 e. The van der Waals surface area contributed by atoms with Crippen LogP contribution in [0.25, 0.3) is 0 Å². The van der Waals surface area contributed by atoms with Crippen LogP contribution in [-0.2, 0) is 4.79 Å². The minimum absolute atomic E-state index is 0.000778.